The summed E-state index contributed by atoms with van der Waals surface area (Å²) in [6.45, 7) is 10.4. The molecule has 0 radical (unpaired) electrons. The van der Waals surface area contributed by atoms with Gasteiger partial charge in [-0.2, -0.15) is 4.31 Å². The molecule has 4 nitrogen and oxygen atoms in total. The molecule has 1 heterocycles. The first-order valence-electron chi connectivity index (χ1n) is 7.32. The average molecular weight is 311 g/mol. The molecule has 21 heavy (non-hydrogen) atoms. The van der Waals surface area contributed by atoms with Gasteiger partial charge in [-0.05, 0) is 44.9 Å². The monoisotopic (exact) mass is 311 g/mol. The second-order valence-electron chi connectivity index (χ2n) is 6.52. The number of fused-ring (bicyclic) bond motifs is 1. The van der Waals surface area contributed by atoms with Gasteiger partial charge in [0.25, 0.3) is 0 Å². The van der Waals surface area contributed by atoms with Gasteiger partial charge in [0.05, 0.1) is 12.3 Å². The number of benzene rings is 1. The van der Waals surface area contributed by atoms with Crippen LogP contribution in [0.25, 0.3) is 0 Å². The fourth-order valence-corrected chi connectivity index (χ4v) is 4.14. The largest absolute Gasteiger partial charge is 0.487 e. The zero-order valence-electron chi connectivity index (χ0n) is 13.7. The molecular weight excluding hydrogens is 286 g/mol. The zero-order chi connectivity index (χ0) is 16.0. The van der Waals surface area contributed by atoms with Crippen LogP contribution in [-0.2, 0) is 10.0 Å². The minimum atomic E-state index is -3.25. The van der Waals surface area contributed by atoms with Crippen LogP contribution in [0.5, 0.6) is 5.75 Å². The number of aryl methyl sites for hydroxylation is 2. The van der Waals surface area contributed by atoms with Gasteiger partial charge in [-0.25, -0.2) is 8.42 Å². The zero-order valence-corrected chi connectivity index (χ0v) is 14.5. The molecule has 0 amide bonds. The lowest BCUT2D eigenvalue weighted by molar-refractivity contribution is 0.0511. The van der Waals surface area contributed by atoms with Crippen molar-refractivity contribution in [2.75, 3.05) is 12.8 Å². The Morgan fingerprint density at radius 1 is 1.29 bits per heavy atom. The molecule has 2 rings (SSSR count). The second kappa shape index (κ2) is 5.29. The fourth-order valence-electron chi connectivity index (χ4n) is 3.02. The summed E-state index contributed by atoms with van der Waals surface area (Å²) in [6.07, 6.45) is 1.93. The van der Waals surface area contributed by atoms with E-state index < -0.39 is 10.0 Å². The van der Waals surface area contributed by atoms with E-state index in [-0.39, 0.29) is 11.6 Å². The van der Waals surface area contributed by atoms with Gasteiger partial charge in [0.15, 0.2) is 0 Å². The summed E-state index contributed by atoms with van der Waals surface area (Å²) in [5.41, 5.74) is 2.92. The highest BCUT2D eigenvalue weighted by Gasteiger charge is 2.39. The van der Waals surface area contributed by atoms with Crippen molar-refractivity contribution in [3.05, 3.63) is 28.8 Å². The third-order valence-electron chi connectivity index (χ3n) is 4.14. The third kappa shape index (κ3) is 3.24. The first kappa shape index (κ1) is 16.3. The maximum absolute atomic E-state index is 12.1. The van der Waals surface area contributed by atoms with Gasteiger partial charge in [-0.1, -0.05) is 13.0 Å². The van der Waals surface area contributed by atoms with Crippen molar-refractivity contribution in [3.63, 3.8) is 0 Å². The minimum absolute atomic E-state index is 0.164. The Balaban J connectivity index is 2.60. The molecule has 1 aliphatic heterocycles. The molecule has 1 aromatic rings. The SMILES string of the molecule is CCN(C1CC(C)(C)Oc2cc(C)c(C)cc21)S(C)(=O)=O. The topological polar surface area (TPSA) is 46.6 Å². The molecule has 0 aromatic heterocycles. The maximum Gasteiger partial charge on any atom is 0.211 e. The van der Waals surface area contributed by atoms with E-state index in [1.807, 2.05) is 40.7 Å². The highest BCUT2D eigenvalue weighted by atomic mass is 32.2. The average Bonchev–Trinajstić information content (AvgIpc) is 2.29. The van der Waals surface area contributed by atoms with E-state index in [9.17, 15) is 8.42 Å². The van der Waals surface area contributed by atoms with Crippen molar-refractivity contribution >= 4 is 10.0 Å². The molecule has 0 fully saturated rings. The Bertz CT molecular complexity index is 650. The van der Waals surface area contributed by atoms with Gasteiger partial charge in [0.2, 0.25) is 10.0 Å². The van der Waals surface area contributed by atoms with Crippen LogP contribution in [0.3, 0.4) is 0 Å². The van der Waals surface area contributed by atoms with Gasteiger partial charge in [-0.15, -0.1) is 0 Å². The van der Waals surface area contributed by atoms with Gasteiger partial charge in [-0.3, -0.25) is 0 Å². The molecular formula is C16H25NO3S. The van der Waals surface area contributed by atoms with Crippen LogP contribution in [0, 0.1) is 13.8 Å². The molecule has 5 heteroatoms. The summed E-state index contributed by atoms with van der Waals surface area (Å²) < 4.78 is 31.9. The molecule has 0 N–H and O–H groups in total. The van der Waals surface area contributed by atoms with E-state index in [1.54, 1.807) is 4.31 Å². The van der Waals surface area contributed by atoms with E-state index >= 15 is 0 Å². The summed E-state index contributed by atoms with van der Waals surface area (Å²) in [7, 11) is -3.25. The van der Waals surface area contributed by atoms with Crippen molar-refractivity contribution in [3.8, 4) is 5.75 Å². The van der Waals surface area contributed by atoms with Gasteiger partial charge < -0.3 is 4.74 Å². The van der Waals surface area contributed by atoms with E-state index in [4.69, 9.17) is 4.74 Å². The fraction of sp³-hybridized carbons (Fsp3) is 0.625. The molecule has 1 atom stereocenters. The summed E-state index contributed by atoms with van der Waals surface area (Å²) in [6, 6.07) is 3.93. The second-order valence-corrected chi connectivity index (χ2v) is 8.46. The van der Waals surface area contributed by atoms with E-state index in [0.717, 1.165) is 22.4 Å². The van der Waals surface area contributed by atoms with Crippen LogP contribution in [0.2, 0.25) is 0 Å². The van der Waals surface area contributed by atoms with Crippen molar-refractivity contribution in [2.45, 2.75) is 52.7 Å². The molecule has 0 spiro atoms. The summed E-state index contributed by atoms with van der Waals surface area (Å²) >= 11 is 0. The molecule has 0 saturated carbocycles. The summed E-state index contributed by atoms with van der Waals surface area (Å²) in [4.78, 5) is 0. The molecule has 0 bridgehead atoms. The Morgan fingerprint density at radius 3 is 2.38 bits per heavy atom. The normalized spacial score (nSPS) is 21.0. The summed E-state index contributed by atoms with van der Waals surface area (Å²) in [5.74, 6) is 0.807. The van der Waals surface area contributed by atoms with Crippen LogP contribution in [0.15, 0.2) is 12.1 Å². The molecule has 1 unspecified atom stereocenters. The quantitative estimate of drug-likeness (QED) is 0.861. The van der Waals surface area contributed by atoms with Crippen molar-refractivity contribution in [2.24, 2.45) is 0 Å². The standard InChI is InChI=1S/C16H25NO3S/c1-7-17(21(6,18)19)14-10-16(4,5)20-15-9-12(3)11(2)8-13(14)15/h8-9,14H,7,10H2,1-6H3. The van der Waals surface area contributed by atoms with Crippen LogP contribution in [0.1, 0.15) is 49.9 Å². The van der Waals surface area contributed by atoms with Crippen LogP contribution in [0.4, 0.5) is 0 Å². The van der Waals surface area contributed by atoms with Gasteiger partial charge in [0.1, 0.15) is 11.4 Å². The van der Waals surface area contributed by atoms with E-state index in [0.29, 0.717) is 13.0 Å². The predicted octanol–water partition coefficient (Wildman–Crippen LogP) is 3.19. The van der Waals surface area contributed by atoms with E-state index in [1.165, 1.54) is 6.26 Å². The van der Waals surface area contributed by atoms with Gasteiger partial charge in [0, 0.05) is 18.5 Å². The van der Waals surface area contributed by atoms with Crippen LogP contribution in [-0.4, -0.2) is 31.1 Å². The van der Waals surface area contributed by atoms with Crippen LogP contribution >= 0.6 is 0 Å². The Kier molecular flexibility index (Phi) is 4.10. The Labute approximate surface area is 128 Å². The smallest absolute Gasteiger partial charge is 0.211 e. The first-order chi connectivity index (χ1) is 9.55. The highest BCUT2D eigenvalue weighted by Crippen LogP contribution is 2.44. The number of hydrogen-bond donors (Lipinski definition) is 0. The van der Waals surface area contributed by atoms with Crippen molar-refractivity contribution in [1.29, 1.82) is 0 Å². The highest BCUT2D eigenvalue weighted by molar-refractivity contribution is 7.88. The Morgan fingerprint density at radius 2 is 1.86 bits per heavy atom. The lowest BCUT2D eigenvalue weighted by Crippen LogP contribution is -2.43. The van der Waals surface area contributed by atoms with E-state index in [2.05, 4.69) is 6.07 Å². The number of hydrogen-bond acceptors (Lipinski definition) is 3. The lowest BCUT2D eigenvalue weighted by Gasteiger charge is -2.41. The number of sulfonamides is 1. The first-order valence-corrected chi connectivity index (χ1v) is 9.17. The number of rotatable bonds is 3. The molecule has 1 aliphatic rings. The predicted molar refractivity (Wildman–Crippen MR) is 85.2 cm³/mol. The summed E-state index contributed by atoms with van der Waals surface area (Å²) in [5, 5.41) is 0. The number of ether oxygens (including phenoxy) is 1. The lowest BCUT2D eigenvalue weighted by atomic mass is 9.88. The number of nitrogens with zero attached hydrogens (tertiary/aromatic N) is 1. The molecule has 0 saturated heterocycles. The van der Waals surface area contributed by atoms with Crippen molar-refractivity contribution < 1.29 is 13.2 Å². The molecule has 118 valence electrons. The van der Waals surface area contributed by atoms with Gasteiger partial charge >= 0.3 is 0 Å². The van der Waals surface area contributed by atoms with Crippen molar-refractivity contribution in [1.82, 2.24) is 4.31 Å². The maximum atomic E-state index is 12.1. The molecule has 0 aliphatic carbocycles. The Hall–Kier alpha value is -1.07. The third-order valence-corrected chi connectivity index (χ3v) is 5.51. The van der Waals surface area contributed by atoms with Crippen LogP contribution < -0.4 is 4.74 Å². The molecule has 1 aromatic carbocycles. The minimum Gasteiger partial charge on any atom is -0.487 e.